The van der Waals surface area contributed by atoms with E-state index in [2.05, 4.69) is 10.6 Å². The molecule has 5 heteroatoms. The fourth-order valence-electron chi connectivity index (χ4n) is 2.24. The first-order chi connectivity index (χ1) is 9.30. The zero-order valence-corrected chi connectivity index (χ0v) is 13.0. The van der Waals surface area contributed by atoms with E-state index in [9.17, 15) is 9.90 Å². The summed E-state index contributed by atoms with van der Waals surface area (Å²) in [7, 11) is 0. The molecule has 0 spiro atoms. The van der Waals surface area contributed by atoms with Crippen LogP contribution in [0.3, 0.4) is 0 Å². The number of hydrogen-bond donors (Lipinski definition) is 3. The van der Waals surface area contributed by atoms with Crippen molar-refractivity contribution in [2.75, 3.05) is 6.54 Å². The lowest BCUT2D eigenvalue weighted by Crippen LogP contribution is -2.46. The second-order valence-electron chi connectivity index (χ2n) is 5.44. The Morgan fingerprint density at radius 2 is 2.00 bits per heavy atom. The Morgan fingerprint density at radius 1 is 1.40 bits per heavy atom. The van der Waals surface area contributed by atoms with E-state index in [0.717, 1.165) is 18.6 Å². The lowest BCUT2D eigenvalue weighted by molar-refractivity contribution is 0.0577. The number of nitrogens with one attached hydrogen (secondary N) is 2. The molecule has 114 valence electrons. The molecule has 1 heterocycles. The van der Waals surface area contributed by atoms with E-state index < -0.39 is 5.60 Å². The Morgan fingerprint density at radius 3 is 2.45 bits per heavy atom. The number of carbonyl (C=O) groups is 1. The van der Waals surface area contributed by atoms with Gasteiger partial charge < -0.3 is 20.2 Å². The van der Waals surface area contributed by atoms with Gasteiger partial charge >= 0.3 is 6.03 Å². The van der Waals surface area contributed by atoms with Gasteiger partial charge in [0.25, 0.3) is 0 Å². The van der Waals surface area contributed by atoms with Gasteiger partial charge in [-0.25, -0.2) is 4.79 Å². The van der Waals surface area contributed by atoms with Gasteiger partial charge in [-0.2, -0.15) is 0 Å². The summed E-state index contributed by atoms with van der Waals surface area (Å²) >= 11 is 0. The van der Waals surface area contributed by atoms with Crippen LogP contribution in [-0.4, -0.2) is 23.7 Å². The molecule has 20 heavy (non-hydrogen) atoms. The van der Waals surface area contributed by atoms with E-state index in [0.29, 0.717) is 11.3 Å². The van der Waals surface area contributed by atoms with Crippen LogP contribution in [0.15, 0.2) is 10.5 Å². The van der Waals surface area contributed by atoms with E-state index in [4.69, 9.17) is 4.42 Å². The maximum Gasteiger partial charge on any atom is 0.315 e. The third-order valence-corrected chi connectivity index (χ3v) is 3.54. The van der Waals surface area contributed by atoms with E-state index in [1.54, 1.807) is 19.9 Å². The molecule has 1 aromatic heterocycles. The number of aliphatic hydroxyl groups is 1. The van der Waals surface area contributed by atoms with Gasteiger partial charge in [-0.05, 0) is 39.7 Å². The second-order valence-corrected chi connectivity index (χ2v) is 5.44. The molecule has 0 radical (unpaired) electrons. The van der Waals surface area contributed by atoms with Crippen LogP contribution < -0.4 is 10.6 Å². The first-order valence-corrected chi connectivity index (χ1v) is 7.14. The Balaban J connectivity index is 2.59. The van der Waals surface area contributed by atoms with Gasteiger partial charge in [-0.15, -0.1) is 0 Å². The quantitative estimate of drug-likeness (QED) is 0.750. The van der Waals surface area contributed by atoms with Crippen molar-refractivity contribution in [3.63, 3.8) is 0 Å². The topological polar surface area (TPSA) is 74.5 Å². The third kappa shape index (κ3) is 4.27. The smallest absolute Gasteiger partial charge is 0.315 e. The minimum Gasteiger partial charge on any atom is -0.466 e. The summed E-state index contributed by atoms with van der Waals surface area (Å²) in [5.41, 5.74) is -0.439. The molecule has 0 fully saturated rings. The third-order valence-electron chi connectivity index (χ3n) is 3.54. The van der Waals surface area contributed by atoms with Crippen LogP contribution in [0.5, 0.6) is 0 Å². The summed E-state index contributed by atoms with van der Waals surface area (Å²) in [5.74, 6) is 1.42. The van der Waals surface area contributed by atoms with Crippen LogP contribution in [0.4, 0.5) is 4.79 Å². The molecule has 3 N–H and O–H groups in total. The van der Waals surface area contributed by atoms with Crippen molar-refractivity contribution in [2.45, 2.75) is 59.1 Å². The SMILES string of the molecule is CCC(CC)NC(=O)NCC(C)(O)c1cc(C)oc1C. The van der Waals surface area contributed by atoms with Gasteiger partial charge in [0.1, 0.15) is 17.1 Å². The molecule has 1 aromatic rings. The lowest BCUT2D eigenvalue weighted by atomic mass is 9.96. The Kier molecular flexibility index (Phi) is 5.62. The average molecular weight is 282 g/mol. The average Bonchev–Trinajstić information content (AvgIpc) is 2.73. The van der Waals surface area contributed by atoms with Crippen molar-refractivity contribution in [1.29, 1.82) is 0 Å². The molecule has 0 aliphatic carbocycles. The maximum atomic E-state index is 11.8. The van der Waals surface area contributed by atoms with Gasteiger partial charge in [0.2, 0.25) is 0 Å². The van der Waals surface area contributed by atoms with Crippen molar-refractivity contribution >= 4 is 6.03 Å². The standard InChI is InChI=1S/C15H26N2O3/c1-6-12(7-2)17-14(18)16-9-15(5,19)13-8-10(3)20-11(13)4/h8,12,19H,6-7,9H2,1-5H3,(H2,16,17,18). The molecule has 1 atom stereocenters. The Hall–Kier alpha value is -1.49. The molecular weight excluding hydrogens is 256 g/mol. The van der Waals surface area contributed by atoms with Crippen molar-refractivity contribution in [3.05, 3.63) is 23.2 Å². The number of hydrogen-bond acceptors (Lipinski definition) is 3. The minimum atomic E-state index is -1.15. The van der Waals surface area contributed by atoms with E-state index in [1.165, 1.54) is 0 Å². The Bertz CT molecular complexity index is 448. The predicted octanol–water partition coefficient (Wildman–Crippen LogP) is 2.59. The van der Waals surface area contributed by atoms with Crippen LogP contribution >= 0.6 is 0 Å². The predicted molar refractivity (Wildman–Crippen MR) is 78.7 cm³/mol. The molecule has 5 nitrogen and oxygen atoms in total. The molecule has 0 aliphatic heterocycles. The number of amides is 2. The van der Waals surface area contributed by atoms with E-state index in [1.807, 2.05) is 20.8 Å². The number of rotatable bonds is 6. The lowest BCUT2D eigenvalue weighted by Gasteiger charge is -2.24. The molecule has 0 aromatic carbocycles. The summed E-state index contributed by atoms with van der Waals surface area (Å²) in [6.45, 7) is 9.51. The highest BCUT2D eigenvalue weighted by Gasteiger charge is 2.28. The van der Waals surface area contributed by atoms with Crippen LogP contribution in [0.25, 0.3) is 0 Å². The fraction of sp³-hybridized carbons (Fsp3) is 0.667. The first-order valence-electron chi connectivity index (χ1n) is 7.14. The summed E-state index contributed by atoms with van der Waals surface area (Å²) < 4.78 is 5.42. The van der Waals surface area contributed by atoms with Crippen LogP contribution in [0, 0.1) is 13.8 Å². The summed E-state index contributed by atoms with van der Waals surface area (Å²) in [5, 5.41) is 16.1. The number of aryl methyl sites for hydroxylation is 2. The summed E-state index contributed by atoms with van der Waals surface area (Å²) in [6.07, 6.45) is 1.78. The van der Waals surface area contributed by atoms with Gasteiger partial charge in [-0.3, -0.25) is 0 Å². The maximum absolute atomic E-state index is 11.8. The molecule has 0 aliphatic rings. The molecular formula is C15H26N2O3. The van der Waals surface area contributed by atoms with E-state index >= 15 is 0 Å². The first kappa shape index (κ1) is 16.6. The number of urea groups is 1. The molecule has 0 saturated carbocycles. The molecule has 2 amide bonds. The largest absolute Gasteiger partial charge is 0.466 e. The molecule has 1 rings (SSSR count). The zero-order chi connectivity index (χ0) is 15.3. The summed E-state index contributed by atoms with van der Waals surface area (Å²) in [4.78, 5) is 11.8. The highest BCUT2D eigenvalue weighted by molar-refractivity contribution is 5.74. The summed E-state index contributed by atoms with van der Waals surface area (Å²) in [6, 6.07) is 1.71. The number of furan rings is 1. The number of carbonyl (C=O) groups excluding carboxylic acids is 1. The van der Waals surface area contributed by atoms with Gasteiger partial charge in [0, 0.05) is 11.6 Å². The van der Waals surface area contributed by atoms with Gasteiger partial charge in [0.05, 0.1) is 6.54 Å². The molecule has 1 unspecified atom stereocenters. The van der Waals surface area contributed by atoms with Gasteiger partial charge in [-0.1, -0.05) is 13.8 Å². The highest BCUT2D eigenvalue weighted by Crippen LogP contribution is 2.26. The van der Waals surface area contributed by atoms with Crippen LogP contribution in [0.2, 0.25) is 0 Å². The fourth-order valence-corrected chi connectivity index (χ4v) is 2.24. The van der Waals surface area contributed by atoms with Crippen molar-refractivity contribution in [3.8, 4) is 0 Å². The van der Waals surface area contributed by atoms with Gasteiger partial charge in [0.15, 0.2) is 0 Å². The highest BCUT2D eigenvalue weighted by atomic mass is 16.3. The van der Waals surface area contributed by atoms with Crippen molar-refractivity contribution < 1.29 is 14.3 Å². The minimum absolute atomic E-state index is 0.138. The van der Waals surface area contributed by atoms with Crippen LogP contribution in [0.1, 0.15) is 50.7 Å². The van der Waals surface area contributed by atoms with E-state index in [-0.39, 0.29) is 18.6 Å². The Labute approximate surface area is 120 Å². The second kappa shape index (κ2) is 6.79. The molecule has 0 bridgehead atoms. The molecule has 0 saturated heterocycles. The van der Waals surface area contributed by atoms with Crippen molar-refractivity contribution in [1.82, 2.24) is 10.6 Å². The van der Waals surface area contributed by atoms with Crippen molar-refractivity contribution in [2.24, 2.45) is 0 Å². The monoisotopic (exact) mass is 282 g/mol. The zero-order valence-electron chi connectivity index (χ0n) is 13.0. The normalized spacial score (nSPS) is 14.2. The van der Waals surface area contributed by atoms with Crippen LogP contribution in [-0.2, 0) is 5.60 Å².